The second-order valence-electron chi connectivity index (χ2n) is 7.18. The van der Waals surface area contributed by atoms with Crippen LogP contribution in [0.1, 0.15) is 25.6 Å². The molecular weight excluding hydrogens is 507 g/mol. The highest BCUT2D eigenvalue weighted by atomic mass is 79.9. The van der Waals surface area contributed by atoms with E-state index in [1.165, 1.54) is 24.3 Å². The van der Waals surface area contributed by atoms with Crippen LogP contribution in [0.4, 0.5) is 4.39 Å². The summed E-state index contributed by atoms with van der Waals surface area (Å²) in [4.78, 5) is 16.9. The second kappa shape index (κ2) is 8.64. The summed E-state index contributed by atoms with van der Waals surface area (Å²) in [7, 11) is 0. The lowest BCUT2D eigenvalue weighted by molar-refractivity contribution is -0.149. The molecule has 0 spiro atoms. The van der Waals surface area contributed by atoms with Crippen LogP contribution in [0, 0.1) is 34.4 Å². The van der Waals surface area contributed by atoms with Gasteiger partial charge in [-0.2, -0.15) is 5.26 Å². The fraction of sp³-hybridized carbons (Fsp3) is 0.286. The van der Waals surface area contributed by atoms with Gasteiger partial charge in [-0.3, -0.25) is 4.79 Å². The van der Waals surface area contributed by atoms with Gasteiger partial charge in [-0.05, 0) is 73.5 Å². The van der Waals surface area contributed by atoms with E-state index in [2.05, 4.69) is 36.8 Å². The van der Waals surface area contributed by atoms with E-state index in [1.807, 2.05) is 26.0 Å². The van der Waals surface area contributed by atoms with Gasteiger partial charge in [0.05, 0.1) is 15.0 Å². The predicted octanol–water partition coefficient (Wildman–Crippen LogP) is 6.02. The van der Waals surface area contributed by atoms with Gasteiger partial charge in [-0.1, -0.05) is 26.0 Å². The summed E-state index contributed by atoms with van der Waals surface area (Å²) in [6.07, 6.45) is 0.746. The molecule has 0 amide bonds. The van der Waals surface area contributed by atoms with Crippen molar-refractivity contribution in [2.75, 3.05) is 0 Å². The lowest BCUT2D eigenvalue weighted by atomic mass is 10.1. The van der Waals surface area contributed by atoms with E-state index in [0.717, 1.165) is 3.39 Å². The summed E-state index contributed by atoms with van der Waals surface area (Å²) < 4.78 is 24.8. The van der Waals surface area contributed by atoms with Crippen molar-refractivity contribution in [2.24, 2.45) is 17.3 Å². The normalized spacial score (nSPS) is 20.1. The Morgan fingerprint density at radius 3 is 2.59 bits per heavy atom. The van der Waals surface area contributed by atoms with Crippen LogP contribution in [0.5, 0.6) is 11.6 Å². The number of carbonyl (C=O) groups excluding carboxylic acids is 1. The lowest BCUT2D eigenvalue weighted by Gasteiger charge is -2.12. The van der Waals surface area contributed by atoms with Crippen molar-refractivity contribution in [3.8, 4) is 17.7 Å². The van der Waals surface area contributed by atoms with Gasteiger partial charge in [0, 0.05) is 6.07 Å². The number of hydrogen-bond acceptors (Lipinski definition) is 5. The molecule has 0 N–H and O–H groups in total. The monoisotopic (exact) mass is 522 g/mol. The first-order valence-corrected chi connectivity index (χ1v) is 10.3. The van der Waals surface area contributed by atoms with E-state index in [4.69, 9.17) is 9.47 Å². The van der Waals surface area contributed by atoms with Crippen molar-refractivity contribution in [2.45, 2.75) is 20.0 Å². The fourth-order valence-corrected chi connectivity index (χ4v) is 3.74. The van der Waals surface area contributed by atoms with Gasteiger partial charge in [0.25, 0.3) is 0 Å². The quantitative estimate of drug-likeness (QED) is 0.432. The van der Waals surface area contributed by atoms with Gasteiger partial charge in [-0.25, -0.2) is 9.37 Å². The molecule has 1 aromatic heterocycles. The third kappa shape index (κ3) is 5.03. The highest BCUT2D eigenvalue weighted by Crippen LogP contribution is 2.60. The zero-order chi connectivity index (χ0) is 21.2. The van der Waals surface area contributed by atoms with Crippen molar-refractivity contribution in [1.82, 2.24) is 4.98 Å². The first-order valence-electron chi connectivity index (χ1n) is 8.75. The van der Waals surface area contributed by atoms with Gasteiger partial charge in [0.2, 0.25) is 12.0 Å². The summed E-state index contributed by atoms with van der Waals surface area (Å²) in [6.45, 7) is 3.94. The highest BCUT2D eigenvalue weighted by Gasteiger charge is 2.61. The zero-order valence-corrected chi connectivity index (χ0v) is 18.8. The lowest BCUT2D eigenvalue weighted by Crippen LogP contribution is -2.15. The molecule has 1 aromatic carbocycles. The second-order valence-corrected chi connectivity index (χ2v) is 9.96. The third-order valence-corrected chi connectivity index (χ3v) is 5.40. The summed E-state index contributed by atoms with van der Waals surface area (Å²) in [5.74, 6) is -0.557. The molecule has 1 aliphatic carbocycles. The molecule has 1 aliphatic rings. The van der Waals surface area contributed by atoms with Crippen LogP contribution in [-0.2, 0) is 9.53 Å². The molecule has 5 nitrogen and oxygen atoms in total. The van der Waals surface area contributed by atoms with Crippen molar-refractivity contribution < 1.29 is 18.7 Å². The Labute approximate surface area is 184 Å². The topological polar surface area (TPSA) is 72.2 Å². The van der Waals surface area contributed by atoms with Gasteiger partial charge < -0.3 is 9.47 Å². The van der Waals surface area contributed by atoms with Crippen LogP contribution in [0.25, 0.3) is 0 Å². The number of aromatic nitrogens is 1. The molecule has 0 aliphatic heterocycles. The van der Waals surface area contributed by atoms with E-state index in [-0.39, 0.29) is 34.6 Å². The van der Waals surface area contributed by atoms with Crippen LogP contribution >= 0.6 is 31.9 Å². The number of carbonyl (C=O) groups is 1. The number of nitrogens with zero attached hydrogens (tertiary/aromatic N) is 2. The maximum atomic E-state index is 13.0. The Hall–Kier alpha value is -2.24. The fourth-order valence-electron chi connectivity index (χ4n) is 3.17. The van der Waals surface area contributed by atoms with Crippen LogP contribution in [0.2, 0.25) is 0 Å². The summed E-state index contributed by atoms with van der Waals surface area (Å²) >= 11 is 6.62. The first kappa shape index (κ1) is 21.5. The molecular formula is C21H17Br2FN2O3. The zero-order valence-electron chi connectivity index (χ0n) is 15.6. The van der Waals surface area contributed by atoms with E-state index in [1.54, 1.807) is 18.2 Å². The van der Waals surface area contributed by atoms with Crippen molar-refractivity contribution in [1.29, 1.82) is 5.26 Å². The minimum atomic E-state index is -1.16. The Bertz CT molecular complexity index is 982. The predicted molar refractivity (Wildman–Crippen MR) is 112 cm³/mol. The molecule has 1 fully saturated rings. The van der Waals surface area contributed by atoms with E-state index in [0.29, 0.717) is 5.75 Å². The number of ether oxygens (including phenoxy) is 2. The van der Waals surface area contributed by atoms with E-state index >= 15 is 0 Å². The molecule has 3 rings (SSSR count). The van der Waals surface area contributed by atoms with Crippen LogP contribution in [0.3, 0.4) is 0 Å². The largest absolute Gasteiger partial charge is 0.440 e. The summed E-state index contributed by atoms with van der Waals surface area (Å²) in [5, 5.41) is 9.51. The molecule has 0 bridgehead atoms. The SMILES string of the molecule is CC1(C)C(C=C(Br)Br)C1C(=O)OC(C#N)c1cccc(Oc2ccc(F)cc2)n1. The average molecular weight is 524 g/mol. The number of allylic oxidation sites excluding steroid dienone is 1. The Morgan fingerprint density at radius 1 is 1.28 bits per heavy atom. The van der Waals surface area contributed by atoms with Crippen LogP contribution in [-0.4, -0.2) is 11.0 Å². The van der Waals surface area contributed by atoms with E-state index in [9.17, 15) is 14.4 Å². The molecule has 29 heavy (non-hydrogen) atoms. The standard InChI is InChI=1S/C21H17Br2FN2O3/c1-21(2)14(10-17(22)23)19(21)20(27)29-16(11-25)15-4-3-5-18(26-15)28-13-8-6-12(24)7-9-13/h3-10,14,16,19H,1-2H3. The molecule has 3 unspecified atom stereocenters. The number of rotatable bonds is 6. The minimum Gasteiger partial charge on any atom is -0.440 e. The maximum Gasteiger partial charge on any atom is 0.311 e. The van der Waals surface area contributed by atoms with Gasteiger partial charge in [0.1, 0.15) is 17.6 Å². The number of esters is 1. The van der Waals surface area contributed by atoms with Crippen molar-refractivity contribution in [3.05, 3.63) is 63.4 Å². The smallest absolute Gasteiger partial charge is 0.311 e. The molecule has 1 heterocycles. The summed E-state index contributed by atoms with van der Waals surface area (Å²) in [6, 6.07) is 12.3. The van der Waals surface area contributed by atoms with Crippen molar-refractivity contribution in [3.63, 3.8) is 0 Å². The number of halogens is 3. The molecule has 150 valence electrons. The van der Waals surface area contributed by atoms with Gasteiger partial charge in [0.15, 0.2) is 0 Å². The number of benzene rings is 1. The van der Waals surface area contributed by atoms with Crippen molar-refractivity contribution >= 4 is 37.8 Å². The molecule has 0 radical (unpaired) electrons. The summed E-state index contributed by atoms with van der Waals surface area (Å²) in [5.41, 5.74) is -0.00196. The van der Waals surface area contributed by atoms with Crippen LogP contribution < -0.4 is 4.74 Å². The van der Waals surface area contributed by atoms with Gasteiger partial charge in [-0.15, -0.1) is 0 Å². The first-order chi connectivity index (χ1) is 13.7. The minimum absolute atomic E-state index is 0.00389. The third-order valence-electron chi connectivity index (χ3n) is 4.87. The number of pyridine rings is 1. The average Bonchev–Trinajstić information content (AvgIpc) is 3.21. The number of hydrogen-bond donors (Lipinski definition) is 0. The molecule has 3 atom stereocenters. The van der Waals surface area contributed by atoms with Crippen LogP contribution in [0.15, 0.2) is 51.9 Å². The highest BCUT2D eigenvalue weighted by molar-refractivity contribution is 9.28. The molecule has 0 saturated heterocycles. The molecule has 1 saturated carbocycles. The Morgan fingerprint density at radius 2 is 1.97 bits per heavy atom. The maximum absolute atomic E-state index is 13.0. The van der Waals surface area contributed by atoms with Gasteiger partial charge >= 0.3 is 5.97 Å². The number of nitriles is 1. The van der Waals surface area contributed by atoms with E-state index < -0.39 is 12.1 Å². The molecule has 2 aromatic rings. The molecule has 8 heteroatoms. The Balaban J connectivity index is 1.72. The Kier molecular flexibility index (Phi) is 6.39.